The van der Waals surface area contributed by atoms with E-state index in [1.807, 2.05) is 32.0 Å². The molecule has 0 aromatic heterocycles. The molecule has 6 nitrogen and oxygen atoms in total. The first kappa shape index (κ1) is 18.3. The summed E-state index contributed by atoms with van der Waals surface area (Å²) in [7, 11) is 0. The van der Waals surface area contributed by atoms with Gasteiger partial charge in [-0.25, -0.2) is 4.79 Å². The summed E-state index contributed by atoms with van der Waals surface area (Å²) in [5, 5.41) is 8.14. The predicted molar refractivity (Wildman–Crippen MR) is 99.2 cm³/mol. The van der Waals surface area contributed by atoms with E-state index in [1.54, 1.807) is 24.3 Å². The van der Waals surface area contributed by atoms with Gasteiger partial charge in [0.2, 0.25) is 5.91 Å². The lowest BCUT2D eigenvalue weighted by molar-refractivity contribution is -0.114. The van der Waals surface area contributed by atoms with Crippen LogP contribution < -0.4 is 20.7 Å². The molecule has 0 saturated heterocycles. The zero-order chi connectivity index (χ0) is 18.2. The highest BCUT2D eigenvalue weighted by atomic mass is 16.5. The molecule has 0 unspecified atom stereocenters. The number of carbonyl (C=O) groups is 2. The van der Waals surface area contributed by atoms with E-state index in [0.717, 1.165) is 16.9 Å². The molecule has 0 atom stereocenters. The largest absolute Gasteiger partial charge is 0.491 e. The second-order valence-corrected chi connectivity index (χ2v) is 5.71. The van der Waals surface area contributed by atoms with Gasteiger partial charge in [-0.3, -0.25) is 4.79 Å². The van der Waals surface area contributed by atoms with Gasteiger partial charge in [0.05, 0.1) is 6.54 Å². The zero-order valence-corrected chi connectivity index (χ0v) is 14.7. The van der Waals surface area contributed by atoms with E-state index in [0.29, 0.717) is 24.5 Å². The maximum Gasteiger partial charge on any atom is 0.319 e. The summed E-state index contributed by atoms with van der Waals surface area (Å²) in [6, 6.07) is 12.6. The number of carbonyl (C=O) groups excluding carboxylic acids is 2. The van der Waals surface area contributed by atoms with Gasteiger partial charge in [0.1, 0.15) is 12.4 Å². The van der Waals surface area contributed by atoms with Crippen molar-refractivity contribution in [3.05, 3.63) is 53.6 Å². The van der Waals surface area contributed by atoms with Crippen LogP contribution in [0.3, 0.4) is 0 Å². The number of aryl methyl sites for hydroxylation is 2. The molecular weight excluding hydrogens is 318 g/mol. The lowest BCUT2D eigenvalue weighted by Gasteiger charge is -2.13. The van der Waals surface area contributed by atoms with Gasteiger partial charge in [-0.2, -0.15) is 0 Å². The molecule has 0 radical (unpaired) electrons. The second kappa shape index (κ2) is 8.73. The van der Waals surface area contributed by atoms with Crippen LogP contribution in [0.5, 0.6) is 5.75 Å². The van der Waals surface area contributed by atoms with E-state index in [1.165, 1.54) is 6.92 Å². The van der Waals surface area contributed by atoms with Crippen molar-refractivity contribution in [3.63, 3.8) is 0 Å². The molecule has 2 rings (SSSR count). The van der Waals surface area contributed by atoms with E-state index in [2.05, 4.69) is 16.0 Å². The summed E-state index contributed by atoms with van der Waals surface area (Å²) in [5.74, 6) is 0.723. The standard InChI is InChI=1S/C19H23N3O3/c1-13-5-4-6-14(2)18(13)25-12-11-20-19(24)22-17-9-7-16(8-10-17)21-15(3)23/h4-10H,11-12H2,1-3H3,(H,21,23)(H2,20,22,24). The molecule has 0 fully saturated rings. The van der Waals surface area contributed by atoms with E-state index in [4.69, 9.17) is 4.74 Å². The van der Waals surface area contributed by atoms with E-state index < -0.39 is 0 Å². The number of hydrogen-bond donors (Lipinski definition) is 3. The molecule has 0 bridgehead atoms. The highest BCUT2D eigenvalue weighted by Crippen LogP contribution is 2.21. The van der Waals surface area contributed by atoms with Crippen molar-refractivity contribution in [2.75, 3.05) is 23.8 Å². The zero-order valence-electron chi connectivity index (χ0n) is 14.7. The fraction of sp³-hybridized carbons (Fsp3) is 0.263. The van der Waals surface area contributed by atoms with Gasteiger partial charge in [-0.05, 0) is 49.2 Å². The third-order valence-corrected chi connectivity index (χ3v) is 3.51. The maximum absolute atomic E-state index is 11.9. The SMILES string of the molecule is CC(=O)Nc1ccc(NC(=O)NCCOc2c(C)cccc2C)cc1. The lowest BCUT2D eigenvalue weighted by atomic mass is 10.1. The van der Waals surface area contributed by atoms with Gasteiger partial charge in [0.25, 0.3) is 0 Å². The molecule has 0 saturated carbocycles. The first-order chi connectivity index (χ1) is 12.0. The summed E-state index contributed by atoms with van der Waals surface area (Å²) in [4.78, 5) is 22.8. The Hall–Kier alpha value is -3.02. The van der Waals surface area contributed by atoms with Crippen LogP contribution in [0, 0.1) is 13.8 Å². The molecule has 3 N–H and O–H groups in total. The summed E-state index contributed by atoms with van der Waals surface area (Å²) in [6.07, 6.45) is 0. The van der Waals surface area contributed by atoms with Crippen molar-refractivity contribution in [2.24, 2.45) is 0 Å². The van der Waals surface area contributed by atoms with Crippen LogP contribution >= 0.6 is 0 Å². The normalized spacial score (nSPS) is 10.0. The molecule has 132 valence electrons. The molecule has 0 aliphatic heterocycles. The Labute approximate surface area is 147 Å². The number of benzene rings is 2. The molecule has 0 aliphatic carbocycles. The highest BCUT2D eigenvalue weighted by Gasteiger charge is 2.05. The Kier molecular flexibility index (Phi) is 6.39. The Balaban J connectivity index is 1.74. The smallest absolute Gasteiger partial charge is 0.319 e. The summed E-state index contributed by atoms with van der Waals surface area (Å²) in [5.41, 5.74) is 3.47. The Morgan fingerprint density at radius 1 is 0.920 bits per heavy atom. The van der Waals surface area contributed by atoms with Crippen LogP contribution in [-0.4, -0.2) is 25.1 Å². The van der Waals surface area contributed by atoms with Crippen molar-refractivity contribution in [1.29, 1.82) is 0 Å². The number of urea groups is 1. The highest BCUT2D eigenvalue weighted by molar-refractivity contribution is 5.91. The molecule has 0 aliphatic rings. The molecule has 2 aromatic rings. The van der Waals surface area contributed by atoms with Crippen LogP contribution in [0.15, 0.2) is 42.5 Å². The molecule has 25 heavy (non-hydrogen) atoms. The molecule has 6 heteroatoms. The number of para-hydroxylation sites is 1. The van der Waals surface area contributed by atoms with Gasteiger partial charge in [0.15, 0.2) is 0 Å². The van der Waals surface area contributed by atoms with Gasteiger partial charge in [0, 0.05) is 18.3 Å². The van der Waals surface area contributed by atoms with Crippen molar-refractivity contribution in [2.45, 2.75) is 20.8 Å². The minimum atomic E-state index is -0.308. The number of anilines is 2. The summed E-state index contributed by atoms with van der Waals surface area (Å²) < 4.78 is 5.74. The number of ether oxygens (including phenoxy) is 1. The summed E-state index contributed by atoms with van der Waals surface area (Å²) >= 11 is 0. The van der Waals surface area contributed by atoms with Crippen molar-refractivity contribution in [3.8, 4) is 5.75 Å². The van der Waals surface area contributed by atoms with E-state index in [9.17, 15) is 9.59 Å². The molecule has 2 aromatic carbocycles. The van der Waals surface area contributed by atoms with E-state index >= 15 is 0 Å². The van der Waals surface area contributed by atoms with Crippen LogP contribution in [0.2, 0.25) is 0 Å². The maximum atomic E-state index is 11.9. The molecular formula is C19H23N3O3. The van der Waals surface area contributed by atoms with Crippen LogP contribution in [-0.2, 0) is 4.79 Å². The van der Waals surface area contributed by atoms with Gasteiger partial charge in [-0.1, -0.05) is 18.2 Å². The Morgan fingerprint density at radius 3 is 2.04 bits per heavy atom. The minimum absolute atomic E-state index is 0.137. The topological polar surface area (TPSA) is 79.5 Å². The number of rotatable bonds is 6. The van der Waals surface area contributed by atoms with Crippen molar-refractivity contribution in [1.82, 2.24) is 5.32 Å². The van der Waals surface area contributed by atoms with Crippen molar-refractivity contribution < 1.29 is 14.3 Å². The minimum Gasteiger partial charge on any atom is -0.491 e. The Morgan fingerprint density at radius 2 is 1.48 bits per heavy atom. The predicted octanol–water partition coefficient (Wildman–Crippen LogP) is 3.46. The third kappa shape index (κ3) is 5.84. The summed E-state index contributed by atoms with van der Waals surface area (Å²) in [6.45, 7) is 6.21. The molecule has 0 heterocycles. The average Bonchev–Trinajstić information content (AvgIpc) is 2.55. The Bertz CT molecular complexity index is 722. The molecule has 0 spiro atoms. The van der Waals surface area contributed by atoms with Crippen molar-refractivity contribution >= 4 is 23.3 Å². The van der Waals surface area contributed by atoms with Gasteiger partial charge < -0.3 is 20.7 Å². The van der Waals surface area contributed by atoms with Crippen LogP contribution in [0.25, 0.3) is 0 Å². The van der Waals surface area contributed by atoms with Crippen LogP contribution in [0.1, 0.15) is 18.1 Å². The molecule has 3 amide bonds. The quantitative estimate of drug-likeness (QED) is 0.704. The fourth-order valence-electron chi connectivity index (χ4n) is 2.36. The van der Waals surface area contributed by atoms with Gasteiger partial charge in [-0.15, -0.1) is 0 Å². The van der Waals surface area contributed by atoms with Crippen LogP contribution in [0.4, 0.5) is 16.2 Å². The monoisotopic (exact) mass is 341 g/mol. The first-order valence-corrected chi connectivity index (χ1v) is 8.07. The second-order valence-electron chi connectivity index (χ2n) is 5.71. The third-order valence-electron chi connectivity index (χ3n) is 3.51. The van der Waals surface area contributed by atoms with E-state index in [-0.39, 0.29) is 11.9 Å². The first-order valence-electron chi connectivity index (χ1n) is 8.07. The van der Waals surface area contributed by atoms with Gasteiger partial charge >= 0.3 is 6.03 Å². The number of amides is 3. The number of hydrogen-bond acceptors (Lipinski definition) is 3. The number of nitrogens with one attached hydrogen (secondary N) is 3. The fourth-order valence-corrected chi connectivity index (χ4v) is 2.36. The lowest BCUT2D eigenvalue weighted by Crippen LogP contribution is -2.32. The average molecular weight is 341 g/mol.